The van der Waals surface area contributed by atoms with Crippen LogP contribution in [0.4, 0.5) is 0 Å². The highest BCUT2D eigenvalue weighted by Crippen LogP contribution is 2.38. The van der Waals surface area contributed by atoms with Crippen molar-refractivity contribution >= 4 is 34.2 Å². The van der Waals surface area contributed by atoms with Crippen LogP contribution in [0.15, 0.2) is 0 Å². The Morgan fingerprint density at radius 1 is 1.29 bits per heavy atom. The van der Waals surface area contributed by atoms with Gasteiger partial charge in [0.2, 0.25) is 0 Å². The molecule has 1 atom stereocenters. The minimum absolute atomic E-state index is 0.0819. The standard InChI is InChI=1S/C11H22ClIO/c1-9(2)14-11(5,13)8-10(3,4)6-7-12/h9H,6-8H2,1-5H3. The highest BCUT2D eigenvalue weighted by atomic mass is 127. The molecule has 0 spiro atoms. The van der Waals surface area contributed by atoms with Crippen LogP contribution in [0.1, 0.15) is 47.5 Å². The van der Waals surface area contributed by atoms with Crippen molar-refractivity contribution in [1.82, 2.24) is 0 Å². The Hall–Kier alpha value is 0.980. The molecule has 0 bridgehead atoms. The van der Waals surface area contributed by atoms with E-state index in [4.69, 9.17) is 16.3 Å². The van der Waals surface area contributed by atoms with Gasteiger partial charge in [-0.05, 0) is 61.6 Å². The number of halogens is 2. The van der Waals surface area contributed by atoms with E-state index in [0.717, 1.165) is 18.7 Å². The molecule has 0 fully saturated rings. The summed E-state index contributed by atoms with van der Waals surface area (Å²) in [6, 6.07) is 0. The van der Waals surface area contributed by atoms with Crippen molar-refractivity contribution in [3.05, 3.63) is 0 Å². The van der Waals surface area contributed by atoms with Crippen molar-refractivity contribution in [2.45, 2.75) is 57.2 Å². The van der Waals surface area contributed by atoms with Crippen LogP contribution in [0.25, 0.3) is 0 Å². The molecule has 14 heavy (non-hydrogen) atoms. The Labute approximate surface area is 107 Å². The molecule has 0 aromatic heterocycles. The SMILES string of the molecule is CC(C)OC(C)(I)CC(C)(C)CCCl. The number of hydrogen-bond acceptors (Lipinski definition) is 1. The summed E-state index contributed by atoms with van der Waals surface area (Å²) in [5, 5.41) is 0. The lowest BCUT2D eigenvalue weighted by Crippen LogP contribution is -2.31. The van der Waals surface area contributed by atoms with E-state index in [1.807, 2.05) is 0 Å². The molecule has 0 aliphatic rings. The second-order valence-corrected chi connectivity index (χ2v) is 7.71. The molecule has 0 N–H and O–H groups in total. The van der Waals surface area contributed by atoms with Crippen molar-refractivity contribution in [1.29, 1.82) is 0 Å². The van der Waals surface area contributed by atoms with E-state index in [1.165, 1.54) is 0 Å². The Bertz CT molecular complexity index is 167. The van der Waals surface area contributed by atoms with Gasteiger partial charge in [-0.15, -0.1) is 11.6 Å². The zero-order valence-electron chi connectivity index (χ0n) is 9.86. The smallest absolute Gasteiger partial charge is 0.117 e. The van der Waals surface area contributed by atoms with Crippen LogP contribution in [-0.2, 0) is 4.74 Å². The summed E-state index contributed by atoms with van der Waals surface area (Å²) in [5.41, 5.74) is 0.257. The van der Waals surface area contributed by atoms with E-state index < -0.39 is 0 Å². The highest BCUT2D eigenvalue weighted by molar-refractivity contribution is 14.1. The summed E-state index contributed by atoms with van der Waals surface area (Å²) in [6.45, 7) is 10.8. The molecule has 0 heterocycles. The van der Waals surface area contributed by atoms with E-state index in [-0.39, 0.29) is 15.1 Å². The second kappa shape index (κ2) is 5.90. The largest absolute Gasteiger partial charge is 0.362 e. The maximum absolute atomic E-state index is 5.86. The molecule has 0 aliphatic heterocycles. The molecule has 0 amide bonds. The van der Waals surface area contributed by atoms with Gasteiger partial charge in [0, 0.05) is 5.88 Å². The van der Waals surface area contributed by atoms with Gasteiger partial charge in [-0.1, -0.05) is 13.8 Å². The van der Waals surface area contributed by atoms with Crippen LogP contribution in [0.2, 0.25) is 0 Å². The van der Waals surface area contributed by atoms with Crippen molar-refractivity contribution in [2.75, 3.05) is 5.88 Å². The molecule has 0 rings (SSSR count). The quantitative estimate of drug-likeness (QED) is 0.510. The molecule has 1 unspecified atom stereocenters. The first-order valence-electron chi connectivity index (χ1n) is 5.11. The van der Waals surface area contributed by atoms with Crippen LogP contribution >= 0.6 is 34.2 Å². The van der Waals surface area contributed by atoms with E-state index in [2.05, 4.69) is 57.2 Å². The van der Waals surface area contributed by atoms with Crippen molar-refractivity contribution in [3.8, 4) is 0 Å². The fourth-order valence-electron chi connectivity index (χ4n) is 1.73. The lowest BCUT2D eigenvalue weighted by molar-refractivity contribution is -0.0174. The van der Waals surface area contributed by atoms with Gasteiger partial charge in [0.05, 0.1) is 6.10 Å². The molecule has 0 aromatic carbocycles. The number of hydrogen-bond donors (Lipinski definition) is 0. The fourth-order valence-corrected chi connectivity index (χ4v) is 3.78. The minimum Gasteiger partial charge on any atom is -0.362 e. The van der Waals surface area contributed by atoms with Crippen LogP contribution in [-0.4, -0.2) is 15.6 Å². The molecular formula is C11H22ClIO. The van der Waals surface area contributed by atoms with Gasteiger partial charge in [-0.25, -0.2) is 0 Å². The number of ether oxygens (including phenoxy) is 1. The monoisotopic (exact) mass is 332 g/mol. The van der Waals surface area contributed by atoms with E-state index in [0.29, 0.717) is 0 Å². The van der Waals surface area contributed by atoms with Gasteiger partial charge in [0.1, 0.15) is 3.61 Å². The first-order chi connectivity index (χ1) is 6.18. The molecule has 86 valence electrons. The summed E-state index contributed by atoms with van der Waals surface area (Å²) in [4.78, 5) is 0. The van der Waals surface area contributed by atoms with Gasteiger partial charge in [0.15, 0.2) is 0 Å². The lowest BCUT2D eigenvalue weighted by Gasteiger charge is -2.34. The summed E-state index contributed by atoms with van der Waals surface area (Å²) in [7, 11) is 0. The number of rotatable bonds is 6. The third-order valence-corrected chi connectivity index (χ3v) is 2.87. The second-order valence-electron chi connectivity index (χ2n) is 5.05. The minimum atomic E-state index is -0.0819. The van der Waals surface area contributed by atoms with Gasteiger partial charge in [-0.3, -0.25) is 0 Å². The van der Waals surface area contributed by atoms with Gasteiger partial charge in [-0.2, -0.15) is 0 Å². The van der Waals surface area contributed by atoms with Crippen molar-refractivity contribution in [2.24, 2.45) is 5.41 Å². The summed E-state index contributed by atoms with van der Waals surface area (Å²) >= 11 is 8.17. The fraction of sp³-hybridized carbons (Fsp3) is 1.00. The summed E-state index contributed by atoms with van der Waals surface area (Å²) < 4.78 is 5.78. The van der Waals surface area contributed by atoms with Crippen LogP contribution in [0.5, 0.6) is 0 Å². The maximum atomic E-state index is 5.86. The highest BCUT2D eigenvalue weighted by Gasteiger charge is 2.31. The van der Waals surface area contributed by atoms with E-state index >= 15 is 0 Å². The van der Waals surface area contributed by atoms with Gasteiger partial charge >= 0.3 is 0 Å². The molecule has 0 radical (unpaired) electrons. The average molecular weight is 333 g/mol. The zero-order chi connectivity index (χ0) is 11.4. The topological polar surface area (TPSA) is 9.23 Å². The molecule has 0 saturated carbocycles. The third kappa shape index (κ3) is 7.30. The Balaban J connectivity index is 4.19. The van der Waals surface area contributed by atoms with Crippen LogP contribution < -0.4 is 0 Å². The Morgan fingerprint density at radius 2 is 1.79 bits per heavy atom. The molecule has 1 nitrogen and oxygen atoms in total. The number of alkyl halides is 2. The normalized spacial score (nSPS) is 17.1. The first-order valence-corrected chi connectivity index (χ1v) is 6.72. The molecule has 0 saturated heterocycles. The van der Waals surface area contributed by atoms with Crippen molar-refractivity contribution < 1.29 is 4.74 Å². The average Bonchev–Trinajstić information content (AvgIpc) is 1.78. The van der Waals surface area contributed by atoms with E-state index in [9.17, 15) is 0 Å². The van der Waals surface area contributed by atoms with Crippen LogP contribution in [0.3, 0.4) is 0 Å². The zero-order valence-corrected chi connectivity index (χ0v) is 12.8. The van der Waals surface area contributed by atoms with Crippen molar-refractivity contribution in [3.63, 3.8) is 0 Å². The van der Waals surface area contributed by atoms with Gasteiger partial charge in [0.25, 0.3) is 0 Å². The molecule has 0 aliphatic carbocycles. The Morgan fingerprint density at radius 3 is 2.14 bits per heavy atom. The third-order valence-electron chi connectivity index (χ3n) is 2.05. The maximum Gasteiger partial charge on any atom is 0.117 e. The molecule has 3 heteroatoms. The Kier molecular flexibility index (Phi) is 6.31. The van der Waals surface area contributed by atoms with Crippen LogP contribution in [0, 0.1) is 5.41 Å². The predicted molar refractivity (Wildman–Crippen MR) is 72.4 cm³/mol. The van der Waals surface area contributed by atoms with Gasteiger partial charge < -0.3 is 4.74 Å². The summed E-state index contributed by atoms with van der Waals surface area (Å²) in [6.07, 6.45) is 2.35. The van der Waals surface area contributed by atoms with E-state index in [1.54, 1.807) is 0 Å². The predicted octanol–water partition coefficient (Wildman–Crippen LogP) is 4.61. The molecular weight excluding hydrogens is 310 g/mol. The lowest BCUT2D eigenvalue weighted by atomic mass is 9.84. The first kappa shape index (κ1) is 15.0. The summed E-state index contributed by atoms with van der Waals surface area (Å²) in [5.74, 6) is 0.724. The molecule has 0 aromatic rings.